The number of fused-ring (bicyclic) bond motifs is 1. The summed E-state index contributed by atoms with van der Waals surface area (Å²) in [5, 5.41) is 1.72. The highest BCUT2D eigenvalue weighted by Gasteiger charge is 2.12. The van der Waals surface area contributed by atoms with Crippen molar-refractivity contribution >= 4 is 50.0 Å². The largest absolute Gasteiger partial charge is 0.497 e. The lowest BCUT2D eigenvalue weighted by Crippen LogP contribution is -1.93. The minimum atomic E-state index is 0.383. The van der Waals surface area contributed by atoms with Gasteiger partial charge in [-0.15, -0.1) is 0 Å². The Bertz CT molecular complexity index is 839. The summed E-state index contributed by atoms with van der Waals surface area (Å²) in [7, 11) is 1.61. The molecule has 6 heteroatoms. The van der Waals surface area contributed by atoms with Crippen LogP contribution >= 0.6 is 39.1 Å². The van der Waals surface area contributed by atoms with E-state index in [1.165, 1.54) is 0 Å². The first kappa shape index (κ1) is 14.6. The van der Waals surface area contributed by atoms with Crippen molar-refractivity contribution < 1.29 is 4.74 Å². The van der Waals surface area contributed by atoms with E-state index in [0.717, 1.165) is 15.4 Å². The first-order valence-electron chi connectivity index (χ1n) is 6.05. The molecule has 0 N–H and O–H groups in total. The third kappa shape index (κ3) is 2.84. The Morgan fingerprint density at radius 3 is 2.62 bits per heavy atom. The first-order valence-corrected chi connectivity index (χ1v) is 7.60. The van der Waals surface area contributed by atoms with Crippen molar-refractivity contribution in [3.05, 3.63) is 51.0 Å². The zero-order valence-electron chi connectivity index (χ0n) is 10.9. The number of ether oxygens (including phenoxy) is 1. The molecule has 2 aromatic carbocycles. The number of nitrogens with zero attached hydrogens (tertiary/aromatic N) is 2. The van der Waals surface area contributed by atoms with Crippen molar-refractivity contribution in [2.24, 2.45) is 0 Å². The van der Waals surface area contributed by atoms with E-state index in [0.29, 0.717) is 27.3 Å². The molecule has 0 fully saturated rings. The summed E-state index contributed by atoms with van der Waals surface area (Å²) >= 11 is 15.9. The van der Waals surface area contributed by atoms with Crippen molar-refractivity contribution in [3.8, 4) is 17.1 Å². The van der Waals surface area contributed by atoms with Gasteiger partial charge in [0.25, 0.3) is 0 Å². The molecule has 3 rings (SSSR count). The molecule has 3 aromatic rings. The van der Waals surface area contributed by atoms with Crippen molar-refractivity contribution in [1.82, 2.24) is 9.97 Å². The van der Waals surface area contributed by atoms with E-state index in [2.05, 4.69) is 25.9 Å². The zero-order chi connectivity index (χ0) is 15.0. The fourth-order valence-electron chi connectivity index (χ4n) is 1.99. The lowest BCUT2D eigenvalue weighted by molar-refractivity contribution is 0.415. The summed E-state index contributed by atoms with van der Waals surface area (Å²) in [5.41, 5.74) is 1.43. The molecule has 0 saturated carbocycles. The van der Waals surface area contributed by atoms with Crippen molar-refractivity contribution in [2.45, 2.75) is 0 Å². The van der Waals surface area contributed by atoms with Gasteiger partial charge in [0, 0.05) is 21.5 Å². The van der Waals surface area contributed by atoms with Gasteiger partial charge in [-0.2, -0.15) is 0 Å². The van der Waals surface area contributed by atoms with Gasteiger partial charge >= 0.3 is 0 Å². The Morgan fingerprint density at radius 2 is 1.86 bits per heavy atom. The molecule has 0 unspecified atom stereocenters. The highest BCUT2D eigenvalue weighted by Crippen LogP contribution is 2.32. The Kier molecular flexibility index (Phi) is 4.02. The van der Waals surface area contributed by atoms with Crippen LogP contribution in [0.1, 0.15) is 0 Å². The minimum Gasteiger partial charge on any atom is -0.497 e. The van der Waals surface area contributed by atoms with Crippen LogP contribution in [0.3, 0.4) is 0 Å². The minimum absolute atomic E-state index is 0.383. The normalized spacial score (nSPS) is 10.9. The number of hydrogen-bond donors (Lipinski definition) is 0. The summed E-state index contributed by atoms with van der Waals surface area (Å²) in [6.45, 7) is 0. The fourth-order valence-corrected chi connectivity index (χ4v) is 2.79. The van der Waals surface area contributed by atoms with Crippen LogP contribution in [-0.4, -0.2) is 17.1 Å². The van der Waals surface area contributed by atoms with E-state index in [-0.39, 0.29) is 0 Å². The lowest BCUT2D eigenvalue weighted by atomic mass is 10.2. The topological polar surface area (TPSA) is 35.0 Å². The van der Waals surface area contributed by atoms with E-state index in [1.54, 1.807) is 13.2 Å². The van der Waals surface area contributed by atoms with Crippen molar-refractivity contribution in [2.75, 3.05) is 7.11 Å². The molecule has 0 bridgehead atoms. The molecule has 106 valence electrons. The van der Waals surface area contributed by atoms with Crippen LogP contribution in [0.15, 0.2) is 40.9 Å². The van der Waals surface area contributed by atoms with E-state index in [9.17, 15) is 0 Å². The quantitative estimate of drug-likeness (QED) is 0.557. The number of aromatic nitrogens is 2. The summed E-state index contributed by atoms with van der Waals surface area (Å²) < 4.78 is 6.11. The van der Waals surface area contributed by atoms with Crippen molar-refractivity contribution in [1.29, 1.82) is 0 Å². The number of methoxy groups -OCH3 is 1. The smallest absolute Gasteiger partial charge is 0.163 e. The van der Waals surface area contributed by atoms with Crippen LogP contribution in [0.2, 0.25) is 10.2 Å². The number of rotatable bonds is 2. The van der Waals surface area contributed by atoms with Crippen LogP contribution in [0.4, 0.5) is 0 Å². The Labute approximate surface area is 140 Å². The van der Waals surface area contributed by atoms with Crippen LogP contribution in [0.25, 0.3) is 22.3 Å². The maximum atomic E-state index is 6.25. The van der Waals surface area contributed by atoms with Gasteiger partial charge in [0.1, 0.15) is 10.9 Å². The standard InChI is InChI=1S/C15H9BrCl2N2O/c1-21-9-3-4-10-13(7-9)19-15(20-14(10)18)11-6-8(16)2-5-12(11)17/h2-7H,1H3. The molecular formula is C15H9BrCl2N2O. The molecule has 0 atom stereocenters. The van der Waals surface area contributed by atoms with Gasteiger partial charge in [-0.1, -0.05) is 39.1 Å². The van der Waals surface area contributed by atoms with Crippen LogP contribution < -0.4 is 4.74 Å². The van der Waals surface area contributed by atoms with Gasteiger partial charge in [-0.25, -0.2) is 9.97 Å². The summed E-state index contributed by atoms with van der Waals surface area (Å²) in [4.78, 5) is 8.87. The molecule has 1 aromatic heterocycles. The van der Waals surface area contributed by atoms with E-state index in [1.807, 2.05) is 30.3 Å². The van der Waals surface area contributed by atoms with Gasteiger partial charge in [-0.05, 0) is 30.3 Å². The fraction of sp³-hybridized carbons (Fsp3) is 0.0667. The highest BCUT2D eigenvalue weighted by atomic mass is 79.9. The molecule has 21 heavy (non-hydrogen) atoms. The summed E-state index contributed by atoms with van der Waals surface area (Å²) in [5.74, 6) is 1.19. The maximum Gasteiger partial charge on any atom is 0.163 e. The van der Waals surface area contributed by atoms with Crippen molar-refractivity contribution in [3.63, 3.8) is 0 Å². The van der Waals surface area contributed by atoms with Gasteiger partial charge in [0.05, 0.1) is 17.6 Å². The zero-order valence-corrected chi connectivity index (χ0v) is 14.0. The molecule has 0 spiro atoms. The van der Waals surface area contributed by atoms with Crippen LogP contribution in [0, 0.1) is 0 Å². The molecule has 0 radical (unpaired) electrons. The molecule has 3 nitrogen and oxygen atoms in total. The molecule has 0 saturated heterocycles. The van der Waals surface area contributed by atoms with Crippen LogP contribution in [0.5, 0.6) is 5.75 Å². The predicted molar refractivity (Wildman–Crippen MR) is 89.2 cm³/mol. The molecule has 1 heterocycles. The predicted octanol–water partition coefficient (Wildman–Crippen LogP) is 5.37. The average Bonchev–Trinajstić information content (AvgIpc) is 2.49. The Hall–Kier alpha value is -1.36. The second-order valence-electron chi connectivity index (χ2n) is 4.35. The second kappa shape index (κ2) is 5.79. The second-order valence-corrected chi connectivity index (χ2v) is 6.03. The molecular weight excluding hydrogens is 375 g/mol. The van der Waals surface area contributed by atoms with Gasteiger partial charge < -0.3 is 4.74 Å². The Morgan fingerprint density at radius 1 is 1.05 bits per heavy atom. The number of benzene rings is 2. The number of halogens is 3. The lowest BCUT2D eigenvalue weighted by Gasteiger charge is -2.08. The van der Waals surface area contributed by atoms with Crippen LogP contribution in [-0.2, 0) is 0 Å². The molecule has 0 amide bonds. The number of hydrogen-bond acceptors (Lipinski definition) is 3. The first-order chi connectivity index (χ1) is 10.1. The van der Waals surface area contributed by atoms with E-state index < -0.39 is 0 Å². The molecule has 0 aliphatic carbocycles. The Balaban J connectivity index is 2.26. The molecule has 0 aliphatic heterocycles. The average molecular weight is 384 g/mol. The van der Waals surface area contributed by atoms with Gasteiger partial charge in [-0.3, -0.25) is 0 Å². The van der Waals surface area contributed by atoms with Gasteiger partial charge in [0.15, 0.2) is 5.82 Å². The summed E-state index contributed by atoms with van der Waals surface area (Å²) in [6.07, 6.45) is 0. The SMILES string of the molecule is COc1ccc2c(Cl)nc(-c3cc(Br)ccc3Cl)nc2c1. The van der Waals surface area contributed by atoms with E-state index >= 15 is 0 Å². The summed E-state index contributed by atoms with van der Waals surface area (Å²) in [6, 6.07) is 11.0. The monoisotopic (exact) mass is 382 g/mol. The van der Waals surface area contributed by atoms with E-state index in [4.69, 9.17) is 27.9 Å². The third-order valence-electron chi connectivity index (χ3n) is 3.03. The maximum absolute atomic E-state index is 6.25. The van der Waals surface area contributed by atoms with Gasteiger partial charge in [0.2, 0.25) is 0 Å². The third-order valence-corrected chi connectivity index (χ3v) is 4.14. The highest BCUT2D eigenvalue weighted by molar-refractivity contribution is 9.10. The molecule has 0 aliphatic rings.